The number of amides is 1. The Kier molecular flexibility index (Phi) is 5.28. The molecule has 0 radical (unpaired) electrons. The van der Waals surface area contributed by atoms with Gasteiger partial charge < -0.3 is 15.0 Å². The molecule has 0 aliphatic heterocycles. The molecule has 0 saturated heterocycles. The first kappa shape index (κ1) is 15.7. The van der Waals surface area contributed by atoms with Crippen molar-refractivity contribution in [3.05, 3.63) is 42.1 Å². The molecule has 2 N–H and O–H groups in total. The molecule has 0 saturated carbocycles. The number of carbonyl (C=O) groups excluding carboxylic acids is 1. The van der Waals surface area contributed by atoms with E-state index in [1.165, 1.54) is 19.3 Å². The average Bonchev–Trinajstić information content (AvgIpc) is 2.82. The van der Waals surface area contributed by atoms with Crippen LogP contribution in [0.3, 0.4) is 0 Å². The van der Waals surface area contributed by atoms with Crippen LogP contribution in [0.4, 0.5) is 0 Å². The Balaban J connectivity index is 0.00000200. The van der Waals surface area contributed by atoms with E-state index in [0.29, 0.717) is 11.6 Å². The van der Waals surface area contributed by atoms with Crippen LogP contribution in [0.1, 0.15) is 11.4 Å². The van der Waals surface area contributed by atoms with Crippen LogP contribution in [0.2, 0.25) is 0 Å². The minimum absolute atomic E-state index is 0. The number of rotatable bonds is 4. The number of imidazole rings is 1. The molecule has 6 nitrogen and oxygen atoms in total. The zero-order valence-electron chi connectivity index (χ0n) is 11.1. The summed E-state index contributed by atoms with van der Waals surface area (Å²) in [5.74, 6) is -0.0703. The van der Waals surface area contributed by atoms with Gasteiger partial charge in [-0.1, -0.05) is 0 Å². The number of primary amides is 1. The third-order valence-corrected chi connectivity index (χ3v) is 2.46. The van der Waals surface area contributed by atoms with Crippen molar-refractivity contribution < 1.29 is 9.53 Å². The van der Waals surface area contributed by atoms with Crippen molar-refractivity contribution in [1.82, 2.24) is 14.5 Å². The summed E-state index contributed by atoms with van der Waals surface area (Å²) in [6, 6.07) is 3.61. The van der Waals surface area contributed by atoms with E-state index in [9.17, 15) is 4.79 Å². The summed E-state index contributed by atoms with van der Waals surface area (Å²) in [4.78, 5) is 19.1. The molecule has 7 heteroatoms. The molecule has 0 fully saturated rings. The molecule has 0 aliphatic carbocycles. The van der Waals surface area contributed by atoms with Gasteiger partial charge in [-0.3, -0.25) is 4.79 Å². The highest BCUT2D eigenvalue weighted by atomic mass is 35.5. The molecule has 0 aliphatic rings. The summed E-state index contributed by atoms with van der Waals surface area (Å²) in [5.41, 5.74) is 7.31. The molecule has 20 heavy (non-hydrogen) atoms. The Morgan fingerprint density at radius 3 is 2.75 bits per heavy atom. The minimum Gasteiger partial charge on any atom is -0.479 e. The molecule has 0 spiro atoms. The third kappa shape index (κ3) is 3.58. The Morgan fingerprint density at radius 2 is 2.20 bits per heavy atom. The van der Waals surface area contributed by atoms with Crippen molar-refractivity contribution in [1.29, 1.82) is 0 Å². The Morgan fingerprint density at radius 1 is 1.45 bits per heavy atom. The van der Waals surface area contributed by atoms with Gasteiger partial charge in [-0.2, -0.15) is 0 Å². The van der Waals surface area contributed by atoms with E-state index in [1.54, 1.807) is 12.4 Å². The molecule has 2 rings (SSSR count). The van der Waals surface area contributed by atoms with Gasteiger partial charge in [0.15, 0.2) is 0 Å². The van der Waals surface area contributed by atoms with Crippen molar-refractivity contribution in [2.75, 3.05) is 7.11 Å². The second kappa shape index (κ2) is 6.72. The lowest BCUT2D eigenvalue weighted by Crippen LogP contribution is -2.05. The van der Waals surface area contributed by atoms with E-state index in [1.807, 2.05) is 23.8 Å². The fraction of sp³-hybridized carbons (Fsp3) is 0.154. The van der Waals surface area contributed by atoms with E-state index in [2.05, 4.69) is 9.97 Å². The number of hydrogen-bond donors (Lipinski definition) is 1. The first-order valence-electron chi connectivity index (χ1n) is 5.63. The number of methoxy groups -OCH3 is 1. The molecule has 2 aromatic rings. The predicted octanol–water partition coefficient (Wildman–Crippen LogP) is 1.50. The maximum atomic E-state index is 10.7. The van der Waals surface area contributed by atoms with E-state index in [4.69, 9.17) is 10.5 Å². The molecular formula is C13H15ClN4O2. The summed E-state index contributed by atoms with van der Waals surface area (Å²) in [5, 5.41) is 0. The summed E-state index contributed by atoms with van der Waals surface area (Å²) in [6.45, 7) is 1.90. The highest BCUT2D eigenvalue weighted by molar-refractivity contribution is 5.90. The highest BCUT2D eigenvalue weighted by Crippen LogP contribution is 2.21. The summed E-state index contributed by atoms with van der Waals surface area (Å²) in [7, 11) is 1.54. The van der Waals surface area contributed by atoms with Crippen LogP contribution < -0.4 is 10.5 Å². The summed E-state index contributed by atoms with van der Waals surface area (Å²) in [6.07, 6.45) is 6.35. The number of nitrogens with two attached hydrogens (primary N) is 1. The van der Waals surface area contributed by atoms with Crippen LogP contribution in [0.25, 0.3) is 11.8 Å². The lowest BCUT2D eigenvalue weighted by atomic mass is 10.3. The molecule has 0 unspecified atom stereocenters. The standard InChI is InChI=1S/C13H14N4O2.ClH/c1-9-7-17(8-15-9)11-5-3-10(4-6-12(14)18)16-13(11)19-2;/h3-8H,1-2H3,(H2,14,18);1H/b6-4+;. The van der Waals surface area contributed by atoms with Crippen LogP contribution in [-0.2, 0) is 4.79 Å². The first-order valence-corrected chi connectivity index (χ1v) is 5.63. The number of aryl methyl sites for hydroxylation is 1. The van der Waals surface area contributed by atoms with Gasteiger partial charge in [0, 0.05) is 12.3 Å². The monoisotopic (exact) mass is 294 g/mol. The largest absolute Gasteiger partial charge is 0.479 e. The molecule has 0 bridgehead atoms. The maximum absolute atomic E-state index is 10.7. The smallest absolute Gasteiger partial charge is 0.241 e. The molecule has 0 atom stereocenters. The lowest BCUT2D eigenvalue weighted by Gasteiger charge is -2.08. The van der Waals surface area contributed by atoms with Crippen molar-refractivity contribution in [2.24, 2.45) is 5.73 Å². The lowest BCUT2D eigenvalue weighted by molar-refractivity contribution is -0.113. The Labute approximate surface area is 122 Å². The van der Waals surface area contributed by atoms with Gasteiger partial charge in [0.1, 0.15) is 5.69 Å². The Bertz CT molecular complexity index is 637. The zero-order chi connectivity index (χ0) is 13.8. The van der Waals surface area contributed by atoms with Gasteiger partial charge in [0.05, 0.1) is 24.8 Å². The number of ether oxygens (including phenoxy) is 1. The molecular weight excluding hydrogens is 280 g/mol. The van der Waals surface area contributed by atoms with Crippen molar-refractivity contribution >= 4 is 24.4 Å². The summed E-state index contributed by atoms with van der Waals surface area (Å²) >= 11 is 0. The fourth-order valence-corrected chi connectivity index (χ4v) is 1.61. The SMILES string of the molecule is COc1nc(/C=C/C(N)=O)ccc1-n1cnc(C)c1.Cl. The maximum Gasteiger partial charge on any atom is 0.241 e. The number of pyridine rings is 1. The van der Waals surface area contributed by atoms with Gasteiger partial charge >= 0.3 is 0 Å². The third-order valence-electron chi connectivity index (χ3n) is 2.46. The second-order valence-electron chi connectivity index (χ2n) is 3.92. The van der Waals surface area contributed by atoms with Crippen LogP contribution in [-0.4, -0.2) is 27.6 Å². The van der Waals surface area contributed by atoms with Crippen molar-refractivity contribution in [2.45, 2.75) is 6.92 Å². The highest BCUT2D eigenvalue weighted by Gasteiger charge is 2.07. The zero-order valence-corrected chi connectivity index (χ0v) is 11.9. The van der Waals surface area contributed by atoms with E-state index in [0.717, 1.165) is 11.4 Å². The van der Waals surface area contributed by atoms with Crippen molar-refractivity contribution in [3.8, 4) is 11.6 Å². The van der Waals surface area contributed by atoms with Crippen LogP contribution >= 0.6 is 12.4 Å². The van der Waals surface area contributed by atoms with Gasteiger partial charge in [0.25, 0.3) is 0 Å². The Hall–Kier alpha value is -2.34. The topological polar surface area (TPSA) is 83.0 Å². The number of nitrogens with zero attached hydrogens (tertiary/aromatic N) is 3. The predicted molar refractivity (Wildman–Crippen MR) is 78.1 cm³/mol. The molecule has 1 amide bonds. The number of aromatic nitrogens is 3. The normalized spacial score (nSPS) is 10.3. The molecule has 2 aromatic heterocycles. The first-order chi connectivity index (χ1) is 9.10. The average molecular weight is 295 g/mol. The molecule has 106 valence electrons. The molecule has 0 aromatic carbocycles. The van der Waals surface area contributed by atoms with E-state index >= 15 is 0 Å². The quantitative estimate of drug-likeness (QED) is 0.866. The van der Waals surface area contributed by atoms with Crippen LogP contribution in [0.5, 0.6) is 5.88 Å². The molecule has 2 heterocycles. The second-order valence-corrected chi connectivity index (χ2v) is 3.92. The van der Waals surface area contributed by atoms with Crippen molar-refractivity contribution in [3.63, 3.8) is 0 Å². The van der Waals surface area contributed by atoms with E-state index in [-0.39, 0.29) is 12.4 Å². The van der Waals surface area contributed by atoms with Gasteiger partial charge in [-0.05, 0) is 25.1 Å². The number of hydrogen-bond acceptors (Lipinski definition) is 4. The van der Waals surface area contributed by atoms with Crippen LogP contribution in [0, 0.1) is 6.92 Å². The van der Waals surface area contributed by atoms with E-state index < -0.39 is 5.91 Å². The van der Waals surface area contributed by atoms with Gasteiger partial charge in [-0.25, -0.2) is 9.97 Å². The summed E-state index contributed by atoms with van der Waals surface area (Å²) < 4.78 is 7.07. The van der Waals surface area contributed by atoms with Crippen LogP contribution in [0.15, 0.2) is 30.7 Å². The number of halogens is 1. The fourth-order valence-electron chi connectivity index (χ4n) is 1.61. The minimum atomic E-state index is -0.518. The number of carbonyl (C=O) groups is 1. The van der Waals surface area contributed by atoms with Gasteiger partial charge in [-0.15, -0.1) is 12.4 Å². The van der Waals surface area contributed by atoms with Gasteiger partial charge in [0.2, 0.25) is 11.8 Å².